The summed E-state index contributed by atoms with van der Waals surface area (Å²) in [5.41, 5.74) is 11.6. The summed E-state index contributed by atoms with van der Waals surface area (Å²) in [5, 5.41) is 27.3. The number of benzene rings is 2. The van der Waals surface area contributed by atoms with E-state index in [-0.39, 0.29) is 5.82 Å². The first-order valence-electron chi connectivity index (χ1n) is 12.1. The van der Waals surface area contributed by atoms with Crippen LogP contribution in [0.3, 0.4) is 0 Å². The minimum absolute atomic E-state index is 0.250. The maximum atomic E-state index is 10.7. The van der Waals surface area contributed by atoms with Gasteiger partial charge < -0.3 is 30.6 Å². The Morgan fingerprint density at radius 2 is 1.92 bits per heavy atom. The molecule has 1 fully saturated rings. The molecule has 0 bridgehead atoms. The zero-order chi connectivity index (χ0) is 25.0. The van der Waals surface area contributed by atoms with Gasteiger partial charge in [0.15, 0.2) is 17.7 Å². The standard InChI is InChI=1S/C26H29N7O3/c1-14-6-7-16-18(10-14)32(17-5-3-4-15(2)20(16)17)9-8-28-11-19-22(34)23(35)26(36-19)33-13-31-21-24(27)29-12-30-25(21)33/h3-7,10,12-13,19,22-23,26,28,34-35H,8-9,11H2,1-2H3,(H2,27,29,30). The van der Waals surface area contributed by atoms with Crippen LogP contribution < -0.4 is 11.1 Å². The number of aliphatic hydroxyl groups excluding tert-OH is 2. The van der Waals surface area contributed by atoms with Gasteiger partial charge in [-0.2, -0.15) is 0 Å². The van der Waals surface area contributed by atoms with Gasteiger partial charge in [0.05, 0.1) is 6.33 Å². The number of imidazole rings is 1. The molecule has 1 aliphatic heterocycles. The molecule has 4 atom stereocenters. The molecule has 0 aliphatic carbocycles. The van der Waals surface area contributed by atoms with Crippen LogP contribution >= 0.6 is 0 Å². The SMILES string of the molecule is Cc1ccc2c3c(C)cccc3n(CCNCC3OC(n4cnc5c(N)ncnc54)C(O)C3O)c2c1. The molecule has 10 heteroatoms. The second kappa shape index (κ2) is 8.82. The summed E-state index contributed by atoms with van der Waals surface area (Å²) < 4.78 is 9.96. The maximum Gasteiger partial charge on any atom is 0.167 e. The van der Waals surface area contributed by atoms with E-state index in [1.807, 2.05) is 0 Å². The van der Waals surface area contributed by atoms with Gasteiger partial charge in [0.1, 0.15) is 30.2 Å². The highest BCUT2D eigenvalue weighted by Crippen LogP contribution is 2.33. The maximum absolute atomic E-state index is 10.7. The van der Waals surface area contributed by atoms with Crippen molar-refractivity contribution in [3.05, 3.63) is 60.2 Å². The van der Waals surface area contributed by atoms with Gasteiger partial charge in [-0.3, -0.25) is 4.57 Å². The van der Waals surface area contributed by atoms with Crippen molar-refractivity contribution in [3.63, 3.8) is 0 Å². The van der Waals surface area contributed by atoms with Crippen LogP contribution in [0.25, 0.3) is 33.0 Å². The van der Waals surface area contributed by atoms with Gasteiger partial charge in [-0.15, -0.1) is 0 Å². The number of aryl methyl sites for hydroxylation is 2. The van der Waals surface area contributed by atoms with E-state index in [4.69, 9.17) is 10.5 Å². The normalized spacial score (nSPS) is 22.3. The van der Waals surface area contributed by atoms with E-state index in [2.05, 4.69) is 75.1 Å². The highest BCUT2D eigenvalue weighted by atomic mass is 16.6. The summed E-state index contributed by atoms with van der Waals surface area (Å²) in [6, 6.07) is 13.0. The first-order chi connectivity index (χ1) is 17.4. The molecular weight excluding hydrogens is 458 g/mol. The minimum atomic E-state index is -1.13. The third kappa shape index (κ3) is 3.61. The molecule has 0 spiro atoms. The van der Waals surface area contributed by atoms with E-state index >= 15 is 0 Å². The average molecular weight is 488 g/mol. The van der Waals surface area contributed by atoms with Crippen molar-refractivity contribution < 1.29 is 14.9 Å². The number of hydrogen-bond acceptors (Lipinski definition) is 8. The lowest BCUT2D eigenvalue weighted by atomic mass is 10.1. The predicted octanol–water partition coefficient (Wildman–Crippen LogP) is 2.04. The number of hydrogen-bond donors (Lipinski definition) is 4. The first kappa shape index (κ1) is 22.9. The Morgan fingerprint density at radius 3 is 2.78 bits per heavy atom. The van der Waals surface area contributed by atoms with Crippen LogP contribution in [0.1, 0.15) is 17.4 Å². The number of aromatic nitrogens is 5. The zero-order valence-electron chi connectivity index (χ0n) is 20.2. The van der Waals surface area contributed by atoms with Gasteiger partial charge in [0, 0.05) is 41.4 Å². The molecule has 5 aromatic rings. The monoisotopic (exact) mass is 487 g/mol. The van der Waals surface area contributed by atoms with E-state index in [1.54, 1.807) is 4.57 Å². The molecule has 6 rings (SSSR count). The van der Waals surface area contributed by atoms with Crippen LogP contribution in [0.5, 0.6) is 0 Å². The van der Waals surface area contributed by atoms with Crippen molar-refractivity contribution >= 4 is 38.8 Å². The Morgan fingerprint density at radius 1 is 1.06 bits per heavy atom. The Hall–Kier alpha value is -3.57. The lowest BCUT2D eigenvalue weighted by molar-refractivity contribution is -0.0341. The molecule has 2 aromatic carbocycles. The second-order valence-electron chi connectivity index (χ2n) is 9.47. The molecule has 0 saturated carbocycles. The highest BCUT2D eigenvalue weighted by molar-refractivity contribution is 6.09. The van der Waals surface area contributed by atoms with Crippen LogP contribution in [-0.4, -0.2) is 65.7 Å². The fourth-order valence-corrected chi connectivity index (χ4v) is 5.29. The fourth-order valence-electron chi connectivity index (χ4n) is 5.29. The molecule has 3 aromatic heterocycles. The summed E-state index contributed by atoms with van der Waals surface area (Å²) in [7, 11) is 0. The van der Waals surface area contributed by atoms with Crippen molar-refractivity contribution in [2.24, 2.45) is 0 Å². The second-order valence-corrected chi connectivity index (χ2v) is 9.47. The molecule has 1 aliphatic rings. The lowest BCUT2D eigenvalue weighted by Crippen LogP contribution is -2.38. The topological polar surface area (TPSA) is 136 Å². The molecular formula is C26H29N7O3. The van der Waals surface area contributed by atoms with Gasteiger partial charge in [-0.25, -0.2) is 15.0 Å². The molecule has 186 valence electrons. The van der Waals surface area contributed by atoms with Gasteiger partial charge >= 0.3 is 0 Å². The molecule has 10 nitrogen and oxygen atoms in total. The fraction of sp³-hybridized carbons (Fsp3) is 0.346. The van der Waals surface area contributed by atoms with Crippen molar-refractivity contribution in [2.45, 2.75) is 44.9 Å². The molecule has 36 heavy (non-hydrogen) atoms. The minimum Gasteiger partial charge on any atom is -0.387 e. The number of nitrogen functional groups attached to an aromatic ring is 1. The van der Waals surface area contributed by atoms with Crippen LogP contribution in [0.4, 0.5) is 5.82 Å². The van der Waals surface area contributed by atoms with Gasteiger partial charge in [0.2, 0.25) is 0 Å². The molecule has 1 saturated heterocycles. The summed E-state index contributed by atoms with van der Waals surface area (Å²) in [6.45, 7) is 6.06. The van der Waals surface area contributed by atoms with Gasteiger partial charge in [0.25, 0.3) is 0 Å². The third-order valence-corrected chi connectivity index (χ3v) is 7.11. The van der Waals surface area contributed by atoms with Gasteiger partial charge in [-0.05, 0) is 37.1 Å². The van der Waals surface area contributed by atoms with Crippen LogP contribution in [0.15, 0.2) is 49.1 Å². The van der Waals surface area contributed by atoms with Crippen molar-refractivity contribution in [3.8, 4) is 0 Å². The Balaban J connectivity index is 1.17. The van der Waals surface area contributed by atoms with Crippen molar-refractivity contribution in [1.82, 2.24) is 29.4 Å². The number of nitrogens with one attached hydrogen (secondary N) is 1. The molecule has 4 heterocycles. The van der Waals surface area contributed by atoms with E-state index in [9.17, 15) is 10.2 Å². The number of fused-ring (bicyclic) bond motifs is 4. The average Bonchev–Trinajstić information content (AvgIpc) is 3.51. The van der Waals surface area contributed by atoms with Gasteiger partial charge in [-0.1, -0.05) is 24.3 Å². The molecule has 5 N–H and O–H groups in total. The van der Waals surface area contributed by atoms with Crippen molar-refractivity contribution in [1.29, 1.82) is 0 Å². The largest absolute Gasteiger partial charge is 0.387 e. The van der Waals surface area contributed by atoms with E-state index in [1.165, 1.54) is 45.6 Å². The number of ether oxygens (including phenoxy) is 1. The number of rotatable bonds is 6. The van der Waals surface area contributed by atoms with E-state index < -0.39 is 24.5 Å². The molecule has 0 radical (unpaired) electrons. The smallest absolute Gasteiger partial charge is 0.167 e. The number of nitrogens with zero attached hydrogens (tertiary/aromatic N) is 5. The number of nitrogens with two attached hydrogens (primary N) is 1. The highest BCUT2D eigenvalue weighted by Gasteiger charge is 2.44. The quantitative estimate of drug-likeness (QED) is 0.267. The third-order valence-electron chi connectivity index (χ3n) is 7.11. The predicted molar refractivity (Wildman–Crippen MR) is 137 cm³/mol. The lowest BCUT2D eigenvalue weighted by Gasteiger charge is -2.17. The Labute approximate surface area is 207 Å². The summed E-state index contributed by atoms with van der Waals surface area (Å²) >= 11 is 0. The van der Waals surface area contributed by atoms with E-state index in [0.717, 1.165) is 6.54 Å². The van der Waals surface area contributed by atoms with Crippen LogP contribution in [0.2, 0.25) is 0 Å². The summed E-state index contributed by atoms with van der Waals surface area (Å²) in [6.07, 6.45) is -0.771. The van der Waals surface area contributed by atoms with Crippen LogP contribution in [-0.2, 0) is 11.3 Å². The summed E-state index contributed by atoms with van der Waals surface area (Å²) in [4.78, 5) is 12.4. The van der Waals surface area contributed by atoms with Crippen LogP contribution in [0, 0.1) is 13.8 Å². The first-order valence-corrected chi connectivity index (χ1v) is 12.1. The number of anilines is 1. The zero-order valence-corrected chi connectivity index (χ0v) is 20.2. The Kier molecular flexibility index (Phi) is 5.60. The van der Waals surface area contributed by atoms with Crippen molar-refractivity contribution in [2.75, 3.05) is 18.8 Å². The molecule has 4 unspecified atom stereocenters. The Bertz CT molecular complexity index is 1580. The van der Waals surface area contributed by atoms with E-state index in [0.29, 0.717) is 24.3 Å². The number of aliphatic hydroxyl groups is 2. The molecule has 0 amide bonds. The summed E-state index contributed by atoms with van der Waals surface area (Å²) in [5.74, 6) is 0.250.